The molecular formula is C15H24N2O3. The average molecular weight is 280 g/mol. The SMILES string of the molecule is CCCOc1ccc(CCN)c(OCC(C)C(N)=O)c1. The zero-order chi connectivity index (χ0) is 15.0. The fourth-order valence-electron chi connectivity index (χ4n) is 1.64. The number of primary amides is 1. The normalized spacial score (nSPS) is 11.9. The fourth-order valence-corrected chi connectivity index (χ4v) is 1.64. The van der Waals surface area contributed by atoms with Crippen LogP contribution in [0, 0.1) is 5.92 Å². The van der Waals surface area contributed by atoms with E-state index >= 15 is 0 Å². The predicted octanol–water partition coefficient (Wildman–Crippen LogP) is 1.48. The lowest BCUT2D eigenvalue weighted by Gasteiger charge is -2.15. The van der Waals surface area contributed by atoms with Gasteiger partial charge in [0.1, 0.15) is 11.5 Å². The summed E-state index contributed by atoms with van der Waals surface area (Å²) in [5.41, 5.74) is 11.8. The maximum atomic E-state index is 11.0. The van der Waals surface area contributed by atoms with Gasteiger partial charge in [0.2, 0.25) is 5.91 Å². The van der Waals surface area contributed by atoms with Gasteiger partial charge in [-0.05, 0) is 31.0 Å². The van der Waals surface area contributed by atoms with Crippen molar-refractivity contribution in [2.45, 2.75) is 26.7 Å². The van der Waals surface area contributed by atoms with Crippen molar-refractivity contribution in [3.05, 3.63) is 23.8 Å². The lowest BCUT2D eigenvalue weighted by atomic mass is 10.1. The molecule has 0 spiro atoms. The summed E-state index contributed by atoms with van der Waals surface area (Å²) in [5.74, 6) is 0.760. The fraction of sp³-hybridized carbons (Fsp3) is 0.533. The molecule has 0 saturated carbocycles. The summed E-state index contributed by atoms with van der Waals surface area (Å²) >= 11 is 0. The van der Waals surface area contributed by atoms with Crippen LogP contribution in [0.3, 0.4) is 0 Å². The summed E-state index contributed by atoms with van der Waals surface area (Å²) in [7, 11) is 0. The van der Waals surface area contributed by atoms with Gasteiger partial charge in [-0.25, -0.2) is 0 Å². The van der Waals surface area contributed by atoms with Crippen LogP contribution in [0.1, 0.15) is 25.8 Å². The molecule has 1 atom stereocenters. The molecule has 112 valence electrons. The van der Waals surface area contributed by atoms with Crippen molar-refractivity contribution in [2.24, 2.45) is 17.4 Å². The molecule has 1 unspecified atom stereocenters. The second kappa shape index (κ2) is 8.43. The third kappa shape index (κ3) is 5.09. The number of rotatable bonds is 9. The molecule has 0 aliphatic carbocycles. The highest BCUT2D eigenvalue weighted by Crippen LogP contribution is 2.26. The molecule has 1 rings (SSSR count). The molecule has 0 radical (unpaired) electrons. The number of amides is 1. The molecule has 1 amide bonds. The Morgan fingerprint density at radius 1 is 1.35 bits per heavy atom. The molecule has 0 aliphatic heterocycles. The summed E-state index contributed by atoms with van der Waals surface area (Å²) in [5, 5.41) is 0. The molecule has 0 heterocycles. The maximum absolute atomic E-state index is 11.0. The highest BCUT2D eigenvalue weighted by molar-refractivity contribution is 5.76. The minimum atomic E-state index is -0.372. The molecule has 20 heavy (non-hydrogen) atoms. The second-order valence-electron chi connectivity index (χ2n) is 4.77. The van der Waals surface area contributed by atoms with Crippen LogP contribution in [0.25, 0.3) is 0 Å². The molecule has 5 heteroatoms. The van der Waals surface area contributed by atoms with Crippen molar-refractivity contribution in [3.8, 4) is 11.5 Å². The van der Waals surface area contributed by atoms with Crippen LogP contribution in [-0.4, -0.2) is 25.7 Å². The summed E-state index contributed by atoms with van der Waals surface area (Å²) in [6, 6.07) is 5.70. The van der Waals surface area contributed by atoms with Gasteiger partial charge < -0.3 is 20.9 Å². The molecule has 0 saturated heterocycles. The zero-order valence-corrected chi connectivity index (χ0v) is 12.2. The van der Waals surface area contributed by atoms with E-state index in [1.165, 1.54) is 0 Å². The Bertz CT molecular complexity index is 435. The largest absolute Gasteiger partial charge is 0.493 e. The van der Waals surface area contributed by atoms with E-state index in [0.29, 0.717) is 25.3 Å². The van der Waals surface area contributed by atoms with E-state index in [-0.39, 0.29) is 18.4 Å². The molecule has 0 fully saturated rings. The first-order chi connectivity index (χ1) is 9.58. The van der Waals surface area contributed by atoms with Gasteiger partial charge in [0, 0.05) is 6.07 Å². The highest BCUT2D eigenvalue weighted by Gasteiger charge is 2.12. The Labute approximate surface area is 120 Å². The Morgan fingerprint density at radius 2 is 2.10 bits per heavy atom. The van der Waals surface area contributed by atoms with E-state index in [2.05, 4.69) is 6.92 Å². The first-order valence-corrected chi connectivity index (χ1v) is 6.96. The monoisotopic (exact) mass is 280 g/mol. The van der Waals surface area contributed by atoms with E-state index in [1.54, 1.807) is 6.92 Å². The van der Waals surface area contributed by atoms with Gasteiger partial charge in [0.25, 0.3) is 0 Å². The minimum absolute atomic E-state index is 0.254. The Kier molecular flexibility index (Phi) is 6.87. The number of carbonyl (C=O) groups is 1. The van der Waals surface area contributed by atoms with E-state index in [4.69, 9.17) is 20.9 Å². The van der Waals surface area contributed by atoms with Gasteiger partial charge in [-0.3, -0.25) is 4.79 Å². The lowest BCUT2D eigenvalue weighted by Crippen LogP contribution is -2.26. The van der Waals surface area contributed by atoms with Crippen LogP contribution in [0.2, 0.25) is 0 Å². The van der Waals surface area contributed by atoms with Crippen LogP contribution in [0.15, 0.2) is 18.2 Å². The van der Waals surface area contributed by atoms with E-state index in [1.807, 2.05) is 18.2 Å². The second-order valence-corrected chi connectivity index (χ2v) is 4.77. The number of benzene rings is 1. The molecule has 4 N–H and O–H groups in total. The first kappa shape index (κ1) is 16.3. The van der Waals surface area contributed by atoms with Crippen LogP contribution < -0.4 is 20.9 Å². The van der Waals surface area contributed by atoms with Crippen molar-refractivity contribution in [1.29, 1.82) is 0 Å². The average Bonchev–Trinajstić information content (AvgIpc) is 2.44. The van der Waals surface area contributed by atoms with E-state index in [0.717, 1.165) is 17.7 Å². The van der Waals surface area contributed by atoms with Gasteiger partial charge in [0.05, 0.1) is 19.1 Å². The minimum Gasteiger partial charge on any atom is -0.493 e. The number of hydrogen-bond acceptors (Lipinski definition) is 4. The van der Waals surface area contributed by atoms with Crippen LogP contribution in [-0.2, 0) is 11.2 Å². The number of ether oxygens (including phenoxy) is 2. The van der Waals surface area contributed by atoms with Gasteiger partial charge in [-0.1, -0.05) is 19.9 Å². The third-order valence-corrected chi connectivity index (χ3v) is 2.90. The van der Waals surface area contributed by atoms with Gasteiger partial charge >= 0.3 is 0 Å². The summed E-state index contributed by atoms with van der Waals surface area (Å²) in [4.78, 5) is 11.0. The molecular weight excluding hydrogens is 256 g/mol. The van der Waals surface area contributed by atoms with Gasteiger partial charge in [0.15, 0.2) is 0 Å². The van der Waals surface area contributed by atoms with Crippen molar-refractivity contribution >= 4 is 5.91 Å². The van der Waals surface area contributed by atoms with Crippen LogP contribution in [0.5, 0.6) is 11.5 Å². The van der Waals surface area contributed by atoms with Crippen LogP contribution >= 0.6 is 0 Å². The predicted molar refractivity (Wildman–Crippen MR) is 78.8 cm³/mol. The smallest absolute Gasteiger partial charge is 0.223 e. The Morgan fingerprint density at radius 3 is 2.70 bits per heavy atom. The molecule has 0 aromatic heterocycles. The lowest BCUT2D eigenvalue weighted by molar-refractivity contribution is -0.122. The molecule has 0 aliphatic rings. The zero-order valence-electron chi connectivity index (χ0n) is 12.2. The Balaban J connectivity index is 2.79. The summed E-state index contributed by atoms with van der Waals surface area (Å²) in [6.45, 7) is 5.24. The van der Waals surface area contributed by atoms with E-state index < -0.39 is 0 Å². The maximum Gasteiger partial charge on any atom is 0.223 e. The van der Waals surface area contributed by atoms with Crippen molar-refractivity contribution in [2.75, 3.05) is 19.8 Å². The van der Waals surface area contributed by atoms with Crippen molar-refractivity contribution < 1.29 is 14.3 Å². The number of hydrogen-bond donors (Lipinski definition) is 2. The van der Waals surface area contributed by atoms with Gasteiger partial charge in [-0.15, -0.1) is 0 Å². The quantitative estimate of drug-likeness (QED) is 0.717. The Hall–Kier alpha value is -1.75. The standard InChI is InChI=1S/C15H24N2O3/c1-3-8-19-13-5-4-12(6-7-16)14(9-13)20-10-11(2)15(17)18/h4-5,9,11H,3,6-8,10,16H2,1-2H3,(H2,17,18). The number of carbonyl (C=O) groups excluding carboxylic acids is 1. The molecule has 1 aromatic rings. The van der Waals surface area contributed by atoms with Gasteiger partial charge in [-0.2, -0.15) is 0 Å². The first-order valence-electron chi connectivity index (χ1n) is 6.96. The molecule has 0 bridgehead atoms. The van der Waals surface area contributed by atoms with E-state index in [9.17, 15) is 4.79 Å². The molecule has 5 nitrogen and oxygen atoms in total. The topological polar surface area (TPSA) is 87.6 Å². The van der Waals surface area contributed by atoms with Crippen molar-refractivity contribution in [3.63, 3.8) is 0 Å². The van der Waals surface area contributed by atoms with Crippen molar-refractivity contribution in [1.82, 2.24) is 0 Å². The van der Waals surface area contributed by atoms with Crippen LogP contribution in [0.4, 0.5) is 0 Å². The number of nitrogens with two attached hydrogens (primary N) is 2. The highest BCUT2D eigenvalue weighted by atomic mass is 16.5. The molecule has 1 aromatic carbocycles. The summed E-state index contributed by atoms with van der Waals surface area (Å²) < 4.78 is 11.3. The summed E-state index contributed by atoms with van der Waals surface area (Å²) in [6.07, 6.45) is 1.66. The third-order valence-electron chi connectivity index (χ3n) is 2.90.